The summed E-state index contributed by atoms with van der Waals surface area (Å²) in [6, 6.07) is 7.13. The van der Waals surface area contributed by atoms with Crippen molar-refractivity contribution in [3.8, 4) is 5.75 Å². The lowest BCUT2D eigenvalue weighted by Crippen LogP contribution is -2.49. The summed E-state index contributed by atoms with van der Waals surface area (Å²) in [5.74, 6) is 0.209. The van der Waals surface area contributed by atoms with Crippen LogP contribution in [-0.2, 0) is 14.6 Å². The number of hydrogen-bond donors (Lipinski definition) is 2. The molecule has 0 radical (unpaired) electrons. The standard InChI is InChI=1S/C18H28N2O5S/c1-6-26(22,23)15-14(12-7-9-13(24-5)10-8-12)18(15,11-19)20-16(21)25-17(2,3)4/h7-10,14-15H,6,11,19H2,1-5H3,(H,20,21)/t14-,15+,18-/m0/s1. The lowest BCUT2D eigenvalue weighted by molar-refractivity contribution is 0.0497. The van der Waals surface area contributed by atoms with Crippen LogP contribution < -0.4 is 15.8 Å². The van der Waals surface area contributed by atoms with Gasteiger partial charge in [0.25, 0.3) is 0 Å². The third-order valence-corrected chi connectivity index (χ3v) is 6.86. The highest BCUT2D eigenvalue weighted by molar-refractivity contribution is 7.92. The van der Waals surface area contributed by atoms with Crippen molar-refractivity contribution in [1.82, 2.24) is 5.32 Å². The molecule has 146 valence electrons. The van der Waals surface area contributed by atoms with Gasteiger partial charge in [-0.3, -0.25) is 0 Å². The molecule has 26 heavy (non-hydrogen) atoms. The van der Waals surface area contributed by atoms with Crippen LogP contribution in [0.3, 0.4) is 0 Å². The van der Waals surface area contributed by atoms with E-state index in [2.05, 4.69) is 5.32 Å². The molecule has 3 N–H and O–H groups in total. The number of amides is 1. The minimum Gasteiger partial charge on any atom is -0.497 e. The molecule has 0 aliphatic heterocycles. The minimum atomic E-state index is -3.43. The Kier molecular flexibility index (Phi) is 5.58. The van der Waals surface area contributed by atoms with Gasteiger partial charge in [-0.05, 0) is 38.5 Å². The van der Waals surface area contributed by atoms with Gasteiger partial charge in [-0.15, -0.1) is 0 Å². The van der Waals surface area contributed by atoms with Crippen LogP contribution in [0, 0.1) is 0 Å². The molecule has 1 fully saturated rings. The van der Waals surface area contributed by atoms with Crippen molar-refractivity contribution in [3.63, 3.8) is 0 Å². The SMILES string of the molecule is CCS(=O)(=O)[C@@H]1[C@H](c2ccc(OC)cc2)[C@]1(CN)NC(=O)OC(C)(C)C. The van der Waals surface area contributed by atoms with Crippen molar-refractivity contribution in [2.75, 3.05) is 19.4 Å². The molecule has 1 amide bonds. The van der Waals surface area contributed by atoms with Gasteiger partial charge >= 0.3 is 6.09 Å². The summed E-state index contributed by atoms with van der Waals surface area (Å²) >= 11 is 0. The van der Waals surface area contributed by atoms with Crippen molar-refractivity contribution in [2.45, 2.75) is 50.0 Å². The zero-order chi connectivity index (χ0) is 19.8. The number of nitrogens with two attached hydrogens (primary N) is 1. The normalized spacial score (nSPS) is 25.5. The van der Waals surface area contributed by atoms with Crippen LogP contribution in [0.4, 0.5) is 4.79 Å². The summed E-state index contributed by atoms with van der Waals surface area (Å²) in [6.45, 7) is 6.82. The number of sulfone groups is 1. The van der Waals surface area contributed by atoms with E-state index >= 15 is 0 Å². The minimum absolute atomic E-state index is 0.00711. The molecule has 0 bridgehead atoms. The van der Waals surface area contributed by atoms with Crippen molar-refractivity contribution < 1.29 is 22.7 Å². The van der Waals surface area contributed by atoms with E-state index in [1.807, 2.05) is 0 Å². The molecule has 1 aliphatic rings. The summed E-state index contributed by atoms with van der Waals surface area (Å²) in [5.41, 5.74) is 4.96. The fourth-order valence-electron chi connectivity index (χ4n) is 3.33. The zero-order valence-corrected chi connectivity index (χ0v) is 16.7. The van der Waals surface area contributed by atoms with Crippen LogP contribution >= 0.6 is 0 Å². The summed E-state index contributed by atoms with van der Waals surface area (Å²) in [5, 5.41) is 1.96. The molecular formula is C18H28N2O5S. The maximum absolute atomic E-state index is 12.6. The zero-order valence-electron chi connectivity index (χ0n) is 15.9. The van der Waals surface area contributed by atoms with Crippen LogP contribution in [0.5, 0.6) is 5.75 Å². The first kappa shape index (κ1) is 20.5. The first-order valence-electron chi connectivity index (χ1n) is 8.57. The monoisotopic (exact) mass is 384 g/mol. The Morgan fingerprint density at radius 2 is 1.85 bits per heavy atom. The van der Waals surface area contributed by atoms with Crippen LogP contribution in [-0.4, -0.2) is 50.3 Å². The number of ether oxygens (including phenoxy) is 2. The maximum Gasteiger partial charge on any atom is 0.408 e. The van der Waals surface area contributed by atoms with Crippen molar-refractivity contribution in [2.24, 2.45) is 5.73 Å². The molecule has 3 atom stereocenters. The van der Waals surface area contributed by atoms with Crippen LogP contribution in [0.1, 0.15) is 39.2 Å². The molecule has 1 aliphatic carbocycles. The van der Waals surface area contributed by atoms with Crippen LogP contribution in [0.25, 0.3) is 0 Å². The quantitative estimate of drug-likeness (QED) is 0.774. The van der Waals surface area contributed by atoms with Crippen LogP contribution in [0.2, 0.25) is 0 Å². The molecule has 0 unspecified atom stereocenters. The maximum atomic E-state index is 12.6. The molecule has 2 rings (SSSR count). The number of nitrogens with one attached hydrogen (secondary N) is 1. The fourth-order valence-corrected chi connectivity index (χ4v) is 5.37. The van der Waals surface area contributed by atoms with Crippen molar-refractivity contribution in [3.05, 3.63) is 29.8 Å². The molecular weight excluding hydrogens is 356 g/mol. The van der Waals surface area contributed by atoms with Gasteiger partial charge in [0.05, 0.1) is 17.9 Å². The Labute approximate surface area is 155 Å². The van der Waals surface area contributed by atoms with Gasteiger partial charge in [-0.25, -0.2) is 13.2 Å². The molecule has 8 heteroatoms. The Morgan fingerprint density at radius 3 is 2.27 bits per heavy atom. The van der Waals surface area contributed by atoms with E-state index in [4.69, 9.17) is 15.2 Å². The third kappa shape index (κ3) is 3.96. The Hall–Kier alpha value is -1.80. The number of carbonyl (C=O) groups excluding carboxylic acids is 1. The lowest BCUT2D eigenvalue weighted by Gasteiger charge is -2.24. The number of alkyl carbamates (subject to hydrolysis) is 1. The molecule has 0 heterocycles. The first-order chi connectivity index (χ1) is 12.0. The fraction of sp³-hybridized carbons (Fsp3) is 0.611. The second-order valence-electron chi connectivity index (χ2n) is 7.49. The summed E-state index contributed by atoms with van der Waals surface area (Å²) in [7, 11) is -1.87. The molecule has 0 aromatic heterocycles. The van der Waals surface area contributed by atoms with Crippen molar-refractivity contribution >= 4 is 15.9 Å². The van der Waals surface area contributed by atoms with E-state index in [1.165, 1.54) is 0 Å². The lowest BCUT2D eigenvalue weighted by atomic mass is 10.1. The van der Waals surface area contributed by atoms with E-state index < -0.39 is 38.2 Å². The number of methoxy groups -OCH3 is 1. The second-order valence-corrected chi connectivity index (χ2v) is 9.91. The molecule has 1 saturated carbocycles. The summed E-state index contributed by atoms with van der Waals surface area (Å²) < 4.78 is 35.7. The molecule has 1 aromatic carbocycles. The predicted octanol–water partition coefficient (Wildman–Crippen LogP) is 1.82. The van der Waals surface area contributed by atoms with Gasteiger partial charge in [0.15, 0.2) is 9.84 Å². The van der Waals surface area contributed by atoms with Gasteiger partial charge < -0.3 is 20.5 Å². The van der Waals surface area contributed by atoms with E-state index in [0.717, 1.165) is 5.56 Å². The summed E-state index contributed by atoms with van der Waals surface area (Å²) in [6.07, 6.45) is -0.671. The van der Waals surface area contributed by atoms with Gasteiger partial charge in [-0.1, -0.05) is 19.1 Å². The van der Waals surface area contributed by atoms with E-state index in [-0.39, 0.29) is 12.3 Å². The van der Waals surface area contributed by atoms with Crippen LogP contribution in [0.15, 0.2) is 24.3 Å². The highest BCUT2D eigenvalue weighted by Crippen LogP contribution is 2.55. The largest absolute Gasteiger partial charge is 0.497 e. The van der Waals surface area contributed by atoms with Gasteiger partial charge in [0.1, 0.15) is 11.4 Å². The molecule has 0 saturated heterocycles. The average molecular weight is 384 g/mol. The summed E-state index contributed by atoms with van der Waals surface area (Å²) in [4.78, 5) is 12.3. The highest BCUT2D eigenvalue weighted by Gasteiger charge is 2.71. The van der Waals surface area contributed by atoms with Gasteiger partial charge in [0.2, 0.25) is 0 Å². The smallest absolute Gasteiger partial charge is 0.408 e. The molecule has 7 nitrogen and oxygen atoms in total. The Balaban J connectivity index is 2.38. The molecule has 1 aromatic rings. The number of benzene rings is 1. The Morgan fingerprint density at radius 1 is 1.27 bits per heavy atom. The predicted molar refractivity (Wildman–Crippen MR) is 100 cm³/mol. The van der Waals surface area contributed by atoms with E-state index in [0.29, 0.717) is 5.75 Å². The Bertz CT molecular complexity index is 755. The van der Waals surface area contributed by atoms with E-state index in [1.54, 1.807) is 59.1 Å². The van der Waals surface area contributed by atoms with Gasteiger partial charge in [-0.2, -0.15) is 0 Å². The molecule has 0 spiro atoms. The second kappa shape index (κ2) is 7.08. The number of rotatable bonds is 6. The van der Waals surface area contributed by atoms with Gasteiger partial charge in [0, 0.05) is 18.2 Å². The van der Waals surface area contributed by atoms with E-state index in [9.17, 15) is 13.2 Å². The number of hydrogen-bond acceptors (Lipinski definition) is 6. The average Bonchev–Trinajstić information content (AvgIpc) is 3.22. The first-order valence-corrected chi connectivity index (χ1v) is 10.3. The topological polar surface area (TPSA) is 108 Å². The van der Waals surface area contributed by atoms with Crippen molar-refractivity contribution in [1.29, 1.82) is 0 Å². The third-order valence-electron chi connectivity index (χ3n) is 4.59. The number of carbonyl (C=O) groups is 1. The highest BCUT2D eigenvalue weighted by atomic mass is 32.2.